The molecule has 0 saturated carbocycles. The molecule has 1 amide bonds. The Morgan fingerprint density at radius 2 is 1.53 bits per heavy atom. The summed E-state index contributed by atoms with van der Waals surface area (Å²) >= 11 is 12.2. The lowest BCUT2D eigenvalue weighted by atomic mass is 10.0. The lowest BCUT2D eigenvalue weighted by molar-refractivity contribution is 0.0469. The van der Waals surface area contributed by atoms with E-state index in [1.807, 2.05) is 0 Å². The zero-order chi connectivity index (χ0) is 25.7. The van der Waals surface area contributed by atoms with Crippen molar-refractivity contribution >= 4 is 46.8 Å². The molecule has 8 nitrogen and oxygen atoms in total. The summed E-state index contributed by atoms with van der Waals surface area (Å²) in [5.74, 6) is -2.12. The molecule has 0 radical (unpaired) electrons. The minimum Gasteiger partial charge on any atom is -0.457 e. The zero-order valence-electron chi connectivity index (χ0n) is 19.0. The highest BCUT2D eigenvalue weighted by Gasteiger charge is 2.26. The van der Waals surface area contributed by atoms with Crippen LogP contribution in [0.5, 0.6) is 5.75 Å². The molecule has 0 aliphatic carbocycles. The third-order valence-electron chi connectivity index (χ3n) is 5.60. The number of carbonyl (C=O) groups excluding carboxylic acids is 4. The molecule has 36 heavy (non-hydrogen) atoms. The quantitative estimate of drug-likeness (QED) is 0.227. The molecule has 4 rings (SSSR count). The van der Waals surface area contributed by atoms with Gasteiger partial charge in [-0.25, -0.2) is 9.59 Å². The highest BCUT2D eigenvalue weighted by atomic mass is 35.5. The Bertz CT molecular complexity index is 1280. The van der Waals surface area contributed by atoms with Crippen LogP contribution in [-0.2, 0) is 4.74 Å². The molecule has 1 aliphatic rings. The van der Waals surface area contributed by atoms with Gasteiger partial charge in [-0.15, -0.1) is 0 Å². The van der Waals surface area contributed by atoms with E-state index in [0.29, 0.717) is 13.1 Å². The lowest BCUT2D eigenvalue weighted by Gasteiger charge is -2.27. The second-order valence-corrected chi connectivity index (χ2v) is 8.87. The molecule has 0 bridgehead atoms. The normalized spacial score (nSPS) is 13.2. The second kappa shape index (κ2) is 11.4. The van der Waals surface area contributed by atoms with Crippen molar-refractivity contribution in [3.8, 4) is 5.75 Å². The van der Waals surface area contributed by atoms with Gasteiger partial charge in [0.2, 0.25) is 5.76 Å². The van der Waals surface area contributed by atoms with Crippen LogP contribution in [0, 0.1) is 0 Å². The van der Waals surface area contributed by atoms with Crippen molar-refractivity contribution < 1.29 is 33.1 Å². The van der Waals surface area contributed by atoms with Gasteiger partial charge in [0, 0.05) is 18.7 Å². The number of piperidine rings is 1. The van der Waals surface area contributed by atoms with Crippen molar-refractivity contribution in [1.29, 1.82) is 0 Å². The number of furan rings is 1. The fourth-order valence-electron chi connectivity index (χ4n) is 3.71. The van der Waals surface area contributed by atoms with Gasteiger partial charge in [-0.05, 0) is 67.8 Å². The van der Waals surface area contributed by atoms with Crippen LogP contribution in [0.15, 0.2) is 59.2 Å². The Morgan fingerprint density at radius 3 is 2.17 bits per heavy atom. The predicted molar refractivity (Wildman–Crippen MR) is 131 cm³/mol. The van der Waals surface area contributed by atoms with E-state index in [-0.39, 0.29) is 44.2 Å². The van der Waals surface area contributed by atoms with Crippen LogP contribution in [0.2, 0.25) is 10.0 Å². The second-order valence-electron chi connectivity index (χ2n) is 8.06. The van der Waals surface area contributed by atoms with Gasteiger partial charge in [-0.3, -0.25) is 9.59 Å². The van der Waals surface area contributed by atoms with E-state index in [9.17, 15) is 19.2 Å². The summed E-state index contributed by atoms with van der Waals surface area (Å²) in [4.78, 5) is 52.0. The maximum Gasteiger partial charge on any atom is 0.379 e. The number of esters is 2. The zero-order valence-corrected chi connectivity index (χ0v) is 20.5. The first-order valence-electron chi connectivity index (χ1n) is 11.2. The number of rotatable bonds is 7. The smallest absolute Gasteiger partial charge is 0.379 e. The molecule has 0 spiro atoms. The SMILES string of the molecule is O=C(COC(=O)c1cc(Cl)c(Cl)cc1C(=O)N1CCCCC1)c1ccc(OC(=O)c2ccco2)cc1. The number of ketones is 1. The van der Waals surface area contributed by atoms with Crippen LogP contribution in [0.1, 0.15) is 60.9 Å². The van der Waals surface area contributed by atoms with Gasteiger partial charge in [-0.1, -0.05) is 23.2 Å². The molecule has 0 atom stereocenters. The van der Waals surface area contributed by atoms with Gasteiger partial charge >= 0.3 is 11.9 Å². The van der Waals surface area contributed by atoms with Gasteiger partial charge in [0.15, 0.2) is 12.4 Å². The van der Waals surface area contributed by atoms with Crippen molar-refractivity contribution in [2.45, 2.75) is 19.3 Å². The third kappa shape index (κ3) is 5.95. The molecule has 1 aliphatic heterocycles. The standard InChI is InChI=1S/C26H21Cl2NO7/c27-20-13-18(24(31)29-10-2-1-3-11-29)19(14-21(20)28)25(32)35-15-22(30)16-6-8-17(9-7-16)36-26(33)23-5-4-12-34-23/h4-9,12-14H,1-3,10-11,15H2. The summed E-state index contributed by atoms with van der Waals surface area (Å²) in [6, 6.07) is 11.4. The summed E-state index contributed by atoms with van der Waals surface area (Å²) in [5.41, 5.74) is 0.249. The van der Waals surface area contributed by atoms with Crippen LogP contribution in [0.3, 0.4) is 0 Å². The molecule has 10 heteroatoms. The van der Waals surface area contributed by atoms with Crippen LogP contribution in [-0.4, -0.2) is 48.2 Å². The number of hydrogen-bond acceptors (Lipinski definition) is 7. The van der Waals surface area contributed by atoms with E-state index in [1.165, 1.54) is 48.7 Å². The summed E-state index contributed by atoms with van der Waals surface area (Å²) in [6.07, 6.45) is 4.14. The fraction of sp³-hybridized carbons (Fsp3) is 0.231. The monoisotopic (exact) mass is 529 g/mol. The molecular formula is C26H21Cl2NO7. The van der Waals surface area contributed by atoms with Gasteiger partial charge in [0.25, 0.3) is 5.91 Å². The first kappa shape index (κ1) is 25.5. The van der Waals surface area contributed by atoms with Crippen molar-refractivity contribution in [2.24, 2.45) is 0 Å². The average Bonchev–Trinajstić information content (AvgIpc) is 3.44. The minimum absolute atomic E-state index is 0.0440. The Labute approximate surface area is 216 Å². The highest BCUT2D eigenvalue weighted by molar-refractivity contribution is 6.42. The van der Waals surface area contributed by atoms with E-state index < -0.39 is 24.3 Å². The Balaban J connectivity index is 1.41. The lowest BCUT2D eigenvalue weighted by Crippen LogP contribution is -2.36. The van der Waals surface area contributed by atoms with Crippen LogP contribution in [0.4, 0.5) is 0 Å². The van der Waals surface area contributed by atoms with Crippen LogP contribution < -0.4 is 4.74 Å². The van der Waals surface area contributed by atoms with E-state index >= 15 is 0 Å². The number of nitrogens with zero attached hydrogens (tertiary/aromatic N) is 1. The first-order valence-corrected chi connectivity index (χ1v) is 11.9. The van der Waals surface area contributed by atoms with Crippen molar-refractivity contribution in [3.63, 3.8) is 0 Å². The van der Waals surface area contributed by atoms with E-state index in [4.69, 9.17) is 37.1 Å². The molecule has 3 aromatic rings. The largest absolute Gasteiger partial charge is 0.457 e. The van der Waals surface area contributed by atoms with E-state index in [0.717, 1.165) is 19.3 Å². The van der Waals surface area contributed by atoms with Crippen LogP contribution in [0.25, 0.3) is 0 Å². The summed E-state index contributed by atoms with van der Waals surface area (Å²) in [7, 11) is 0. The summed E-state index contributed by atoms with van der Waals surface area (Å²) < 4.78 is 15.3. The van der Waals surface area contributed by atoms with E-state index in [2.05, 4.69) is 0 Å². The molecule has 0 unspecified atom stereocenters. The van der Waals surface area contributed by atoms with E-state index in [1.54, 1.807) is 11.0 Å². The third-order valence-corrected chi connectivity index (χ3v) is 6.32. The molecule has 1 aromatic heterocycles. The molecule has 2 aromatic carbocycles. The molecule has 186 valence electrons. The number of halogens is 2. The van der Waals surface area contributed by atoms with Gasteiger partial charge in [0.05, 0.1) is 27.4 Å². The first-order chi connectivity index (χ1) is 17.3. The molecule has 1 fully saturated rings. The molecule has 2 heterocycles. The molecule has 1 saturated heterocycles. The van der Waals surface area contributed by atoms with Gasteiger partial charge < -0.3 is 18.8 Å². The number of carbonyl (C=O) groups is 4. The predicted octanol–water partition coefficient (Wildman–Crippen LogP) is 5.47. The van der Waals surface area contributed by atoms with Crippen molar-refractivity contribution in [3.05, 3.63) is 87.3 Å². The Morgan fingerprint density at radius 1 is 0.861 bits per heavy atom. The number of hydrogen-bond donors (Lipinski definition) is 0. The maximum absolute atomic E-state index is 13.0. The fourth-order valence-corrected chi connectivity index (χ4v) is 4.04. The number of benzene rings is 2. The topological polar surface area (TPSA) is 103 Å². The number of likely N-dealkylation sites (tertiary alicyclic amines) is 1. The molecular weight excluding hydrogens is 509 g/mol. The summed E-state index contributed by atoms with van der Waals surface area (Å²) in [6.45, 7) is 0.597. The summed E-state index contributed by atoms with van der Waals surface area (Å²) in [5, 5.41) is 0.224. The van der Waals surface area contributed by atoms with Crippen molar-refractivity contribution in [1.82, 2.24) is 4.90 Å². The number of Topliss-reactive ketones (excluding diaryl/α,β-unsaturated/α-hetero) is 1. The van der Waals surface area contributed by atoms with Crippen LogP contribution >= 0.6 is 23.2 Å². The molecule has 0 N–H and O–H groups in total. The number of amides is 1. The minimum atomic E-state index is -0.869. The van der Waals surface area contributed by atoms with Crippen molar-refractivity contribution in [2.75, 3.05) is 19.7 Å². The average molecular weight is 530 g/mol. The van der Waals surface area contributed by atoms with Gasteiger partial charge in [-0.2, -0.15) is 0 Å². The maximum atomic E-state index is 13.0. The number of ether oxygens (including phenoxy) is 2. The van der Waals surface area contributed by atoms with Gasteiger partial charge in [0.1, 0.15) is 5.75 Å². The Kier molecular flexibility index (Phi) is 8.07. The highest BCUT2D eigenvalue weighted by Crippen LogP contribution is 2.28. The Hall–Kier alpha value is -3.62.